The van der Waals surface area contributed by atoms with Gasteiger partial charge in [0, 0.05) is 75.3 Å². The average molecular weight is 881 g/mol. The molecule has 8 rings (SSSR count). The fourth-order valence-corrected chi connectivity index (χ4v) is 8.39. The molecule has 4 aromatic heterocycles. The Morgan fingerprint density at radius 2 is 0.758 bits per heavy atom. The molecule has 66 heavy (non-hydrogen) atoms. The molecule has 340 valence electrons. The maximum absolute atomic E-state index is 7.88. The summed E-state index contributed by atoms with van der Waals surface area (Å²) in [5.41, 5.74) is 21.4. The second-order valence-electron chi connectivity index (χ2n) is 17.3. The zero-order valence-corrected chi connectivity index (χ0v) is 42.2. The molecule has 0 atom stereocenters. The SMILES string of the molecule is CCc1c[n+](C)c(-c2ccccc2C)cc1C.CCc1ccc(-c2cccc[n+]2C)c(C)c1.[2H]C([2H])(C)c1c[n+](C)c(-c2ccccc2C)cc1C.[2H]C([2H])(C)c1ccc(-c2cccc[n+]2C)c(C)c1. The molecule has 0 amide bonds. The van der Waals surface area contributed by atoms with Crippen LogP contribution in [0.1, 0.15) is 88.8 Å². The van der Waals surface area contributed by atoms with Crippen LogP contribution in [-0.2, 0) is 53.8 Å². The number of pyridine rings is 4. The van der Waals surface area contributed by atoms with Crippen molar-refractivity contribution in [2.24, 2.45) is 28.2 Å². The van der Waals surface area contributed by atoms with E-state index in [2.05, 4.69) is 173 Å². The summed E-state index contributed by atoms with van der Waals surface area (Å²) >= 11 is 0. The van der Waals surface area contributed by atoms with Gasteiger partial charge in [0.25, 0.3) is 0 Å². The van der Waals surface area contributed by atoms with E-state index in [9.17, 15) is 0 Å². The van der Waals surface area contributed by atoms with Crippen LogP contribution in [0.4, 0.5) is 0 Å². The molecule has 0 aliphatic heterocycles. The van der Waals surface area contributed by atoms with Gasteiger partial charge in [0.2, 0.25) is 22.8 Å². The van der Waals surface area contributed by atoms with Crippen LogP contribution in [0.5, 0.6) is 0 Å². The minimum Gasteiger partial charge on any atom is -0.201 e. The summed E-state index contributed by atoms with van der Waals surface area (Å²) in [6.07, 6.45) is 7.84. The molecule has 0 unspecified atom stereocenters. The van der Waals surface area contributed by atoms with Crippen LogP contribution in [0.2, 0.25) is 0 Å². The fraction of sp³-hybridized carbons (Fsp3) is 0.290. The van der Waals surface area contributed by atoms with Gasteiger partial charge in [-0.2, -0.15) is 0 Å². The molecular formula is C62H76N4+4. The molecule has 0 fully saturated rings. The number of nitrogens with zero attached hydrogens (tertiary/aromatic N) is 4. The predicted octanol–water partition coefficient (Wildman–Crippen LogP) is 12.8. The van der Waals surface area contributed by atoms with E-state index in [1.54, 1.807) is 13.8 Å². The standard InChI is InChI=1S/2C16H20N.2C15H18N/c2*1-5-14-11-17(4)16(10-13(14)3)15-9-7-6-8-12(15)2;2*1-4-13-8-9-14(12(2)11-13)15-7-5-6-10-16(15)3/h2*6-11H,5H2,1-4H3;2*5-11H,4H2,1-3H3/q4*+1/i5D2;;4D2;. The largest absolute Gasteiger partial charge is 0.212 e. The van der Waals surface area contributed by atoms with E-state index in [0.717, 1.165) is 52.0 Å². The smallest absolute Gasteiger partial charge is 0.201 e. The Bertz CT molecular complexity index is 3050. The molecule has 4 heteroatoms. The van der Waals surface area contributed by atoms with E-state index in [-0.39, 0.29) is 0 Å². The summed E-state index contributed by atoms with van der Waals surface area (Å²) in [4.78, 5) is 0. The van der Waals surface area contributed by atoms with Gasteiger partial charge in [-0.3, -0.25) is 0 Å². The van der Waals surface area contributed by atoms with Crippen molar-refractivity contribution in [3.8, 4) is 45.0 Å². The molecule has 4 heterocycles. The topological polar surface area (TPSA) is 15.5 Å². The quantitative estimate of drug-likeness (QED) is 0.135. The number of hydrogen-bond acceptors (Lipinski definition) is 0. The van der Waals surface area contributed by atoms with E-state index in [1.165, 1.54) is 61.5 Å². The normalized spacial score (nSPS) is 11.8. The highest BCUT2D eigenvalue weighted by atomic mass is 14.9. The van der Waals surface area contributed by atoms with Gasteiger partial charge >= 0.3 is 0 Å². The Labute approximate surface area is 404 Å². The van der Waals surface area contributed by atoms with Crippen molar-refractivity contribution in [2.75, 3.05) is 0 Å². The molecule has 4 aromatic carbocycles. The summed E-state index contributed by atoms with van der Waals surface area (Å²) < 4.78 is 39.7. The third-order valence-electron chi connectivity index (χ3n) is 12.4. The Morgan fingerprint density at radius 3 is 1.17 bits per heavy atom. The molecule has 0 aliphatic carbocycles. The molecule has 0 radical (unpaired) electrons. The van der Waals surface area contributed by atoms with Crippen molar-refractivity contribution in [3.05, 3.63) is 214 Å². The van der Waals surface area contributed by atoms with Crippen LogP contribution in [-0.4, -0.2) is 0 Å². The van der Waals surface area contributed by atoms with E-state index in [4.69, 9.17) is 5.48 Å². The zero-order chi connectivity index (χ0) is 51.5. The molecule has 0 saturated heterocycles. The maximum Gasteiger partial charge on any atom is 0.212 e. The number of aromatic nitrogens is 4. The highest BCUT2D eigenvalue weighted by molar-refractivity contribution is 5.64. The number of benzene rings is 4. The first-order valence-corrected chi connectivity index (χ1v) is 23.3. The molecular weight excluding hydrogens is 801 g/mol. The number of hydrogen-bond donors (Lipinski definition) is 0. The van der Waals surface area contributed by atoms with Crippen LogP contribution in [0.3, 0.4) is 0 Å². The zero-order valence-electron chi connectivity index (χ0n) is 46.2. The minimum atomic E-state index is -1.31. The first-order valence-electron chi connectivity index (χ1n) is 25.3. The lowest BCUT2D eigenvalue weighted by molar-refractivity contribution is -0.661. The van der Waals surface area contributed by atoms with Gasteiger partial charge in [-0.1, -0.05) is 88.4 Å². The lowest BCUT2D eigenvalue weighted by Gasteiger charge is -2.07. The van der Waals surface area contributed by atoms with E-state index >= 15 is 0 Å². The van der Waals surface area contributed by atoms with Crippen molar-refractivity contribution < 1.29 is 23.8 Å². The maximum atomic E-state index is 7.88. The third-order valence-corrected chi connectivity index (χ3v) is 12.4. The molecule has 4 nitrogen and oxygen atoms in total. The van der Waals surface area contributed by atoms with Crippen molar-refractivity contribution >= 4 is 0 Å². The van der Waals surface area contributed by atoms with Crippen LogP contribution >= 0.6 is 0 Å². The highest BCUT2D eigenvalue weighted by Crippen LogP contribution is 2.25. The summed E-state index contributed by atoms with van der Waals surface area (Å²) in [5, 5.41) is 0. The van der Waals surface area contributed by atoms with Gasteiger partial charge in [0.1, 0.15) is 28.2 Å². The molecule has 0 saturated carbocycles. The first kappa shape index (κ1) is 44.7. The Hall–Kier alpha value is -6.52. The second-order valence-corrected chi connectivity index (χ2v) is 17.3. The van der Waals surface area contributed by atoms with E-state index in [1.807, 2.05) is 87.4 Å². The van der Waals surface area contributed by atoms with Crippen LogP contribution in [0.25, 0.3) is 45.0 Å². The van der Waals surface area contributed by atoms with Gasteiger partial charge in [-0.25, -0.2) is 18.3 Å². The Kier molecular flexibility index (Phi) is 16.3. The van der Waals surface area contributed by atoms with Gasteiger partial charge in [0.15, 0.2) is 24.8 Å². The lowest BCUT2D eigenvalue weighted by atomic mass is 10.0. The average Bonchev–Trinajstić information content (AvgIpc) is 3.31. The summed E-state index contributed by atoms with van der Waals surface area (Å²) in [5.74, 6) is 0. The molecule has 0 spiro atoms. The molecule has 8 aromatic rings. The van der Waals surface area contributed by atoms with Crippen molar-refractivity contribution in [3.63, 3.8) is 0 Å². The second kappa shape index (κ2) is 24.1. The van der Waals surface area contributed by atoms with Gasteiger partial charge < -0.3 is 0 Å². The van der Waals surface area contributed by atoms with Crippen LogP contribution in [0, 0.1) is 41.5 Å². The van der Waals surface area contributed by atoms with Crippen molar-refractivity contribution in [1.29, 1.82) is 0 Å². The predicted molar refractivity (Wildman–Crippen MR) is 278 cm³/mol. The van der Waals surface area contributed by atoms with Gasteiger partial charge in [0.05, 0.1) is 0 Å². The molecule has 0 N–H and O–H groups in total. The van der Waals surface area contributed by atoms with Crippen LogP contribution < -0.4 is 18.3 Å². The molecule has 0 bridgehead atoms. The third kappa shape index (κ3) is 12.8. The van der Waals surface area contributed by atoms with E-state index in [0.29, 0.717) is 0 Å². The van der Waals surface area contributed by atoms with Gasteiger partial charge in [-0.15, -0.1) is 0 Å². The minimum absolute atomic E-state index is 0.724. The van der Waals surface area contributed by atoms with E-state index < -0.39 is 12.7 Å². The summed E-state index contributed by atoms with van der Waals surface area (Å²) in [7, 11) is 8.20. The highest BCUT2D eigenvalue weighted by Gasteiger charge is 2.16. The first-order chi connectivity index (χ1) is 33.0. The number of aryl methyl sites for hydroxylation is 14. The number of rotatable bonds is 8. The van der Waals surface area contributed by atoms with Crippen molar-refractivity contribution in [2.45, 2.75) is 94.8 Å². The van der Waals surface area contributed by atoms with Gasteiger partial charge in [-0.05, 0) is 148 Å². The Morgan fingerprint density at radius 1 is 0.348 bits per heavy atom. The summed E-state index contributed by atoms with van der Waals surface area (Å²) in [6, 6.07) is 46.1. The monoisotopic (exact) mass is 881 g/mol. The van der Waals surface area contributed by atoms with Crippen molar-refractivity contribution in [1.82, 2.24) is 0 Å². The Balaban J connectivity index is 0.000000174. The summed E-state index contributed by atoms with van der Waals surface area (Å²) in [6.45, 7) is 20.2. The fourth-order valence-electron chi connectivity index (χ4n) is 8.39. The van der Waals surface area contributed by atoms with Crippen LogP contribution in [0.15, 0.2) is 158 Å². The molecule has 0 aliphatic rings. The lowest BCUT2D eigenvalue weighted by Crippen LogP contribution is -2.32.